The van der Waals surface area contributed by atoms with Gasteiger partial charge in [0, 0.05) is 16.8 Å². The Labute approximate surface area is 96.6 Å². The zero-order valence-corrected chi connectivity index (χ0v) is 9.93. The quantitative estimate of drug-likeness (QED) is 0.597. The summed E-state index contributed by atoms with van der Waals surface area (Å²) >= 11 is 5.91. The summed E-state index contributed by atoms with van der Waals surface area (Å²) in [6.07, 6.45) is 4.54. The lowest BCUT2D eigenvalue weighted by Crippen LogP contribution is -2.12. The molecule has 0 radical (unpaired) electrons. The van der Waals surface area contributed by atoms with E-state index in [4.69, 9.17) is 23.1 Å². The molecule has 0 saturated heterocycles. The Balaban J connectivity index is 2.64. The molecule has 1 aromatic rings. The topological polar surface area (TPSA) is 52.0 Å². The van der Waals surface area contributed by atoms with Gasteiger partial charge < -0.3 is 11.5 Å². The van der Waals surface area contributed by atoms with E-state index in [1.165, 1.54) is 12.8 Å². The summed E-state index contributed by atoms with van der Waals surface area (Å²) in [5, 5.41) is 0.699. The van der Waals surface area contributed by atoms with Crippen molar-refractivity contribution in [2.45, 2.75) is 38.6 Å². The molecule has 0 aliphatic heterocycles. The molecule has 0 saturated carbocycles. The van der Waals surface area contributed by atoms with Crippen LogP contribution in [0.1, 0.15) is 44.2 Å². The van der Waals surface area contributed by atoms with Gasteiger partial charge in [0.05, 0.1) is 0 Å². The lowest BCUT2D eigenvalue weighted by atomic mass is 10.00. The third kappa shape index (κ3) is 3.73. The molecule has 1 rings (SSSR count). The first-order valence-corrected chi connectivity index (χ1v) is 5.83. The fraction of sp³-hybridized carbons (Fsp3) is 0.500. The normalized spacial score (nSPS) is 12.7. The summed E-state index contributed by atoms with van der Waals surface area (Å²) in [6, 6.07) is 5.49. The molecular formula is C12H19ClN2. The lowest BCUT2D eigenvalue weighted by Gasteiger charge is -2.14. The van der Waals surface area contributed by atoms with Gasteiger partial charge in [-0.25, -0.2) is 0 Å². The Morgan fingerprint density at radius 2 is 2.07 bits per heavy atom. The number of halogens is 1. The van der Waals surface area contributed by atoms with E-state index in [1.54, 1.807) is 6.07 Å². The Hall–Kier alpha value is -0.730. The zero-order valence-electron chi connectivity index (χ0n) is 9.17. The molecule has 2 nitrogen and oxygen atoms in total. The van der Waals surface area contributed by atoms with Gasteiger partial charge in [0.25, 0.3) is 0 Å². The molecule has 84 valence electrons. The first-order chi connectivity index (χ1) is 7.15. The summed E-state index contributed by atoms with van der Waals surface area (Å²) < 4.78 is 0. The van der Waals surface area contributed by atoms with Crippen LogP contribution in [0.4, 0.5) is 5.69 Å². The van der Waals surface area contributed by atoms with E-state index in [9.17, 15) is 0 Å². The second-order valence-corrected chi connectivity index (χ2v) is 4.31. The molecule has 0 unspecified atom stereocenters. The standard InChI is InChI=1S/C12H19ClN2/c1-2-3-4-5-11(14)10-8-9(13)6-7-12(10)15/h6-8,11H,2-5,14-15H2,1H3/t11-/m0/s1. The first kappa shape index (κ1) is 12.3. The molecule has 3 heteroatoms. The second kappa shape index (κ2) is 5.99. The summed E-state index contributed by atoms with van der Waals surface area (Å²) in [5.74, 6) is 0. The fourth-order valence-corrected chi connectivity index (χ4v) is 1.82. The summed E-state index contributed by atoms with van der Waals surface area (Å²) in [4.78, 5) is 0. The zero-order chi connectivity index (χ0) is 11.3. The maximum absolute atomic E-state index is 6.07. The largest absolute Gasteiger partial charge is 0.398 e. The van der Waals surface area contributed by atoms with Crippen LogP contribution in [0.3, 0.4) is 0 Å². The number of rotatable bonds is 5. The molecule has 0 fully saturated rings. The number of hydrogen-bond donors (Lipinski definition) is 2. The summed E-state index contributed by atoms with van der Waals surface area (Å²) in [6.45, 7) is 2.18. The van der Waals surface area contributed by atoms with Crippen LogP contribution in [0, 0.1) is 0 Å². The Morgan fingerprint density at radius 1 is 1.33 bits per heavy atom. The molecule has 1 aromatic carbocycles. The second-order valence-electron chi connectivity index (χ2n) is 3.88. The van der Waals surface area contributed by atoms with Gasteiger partial charge in [-0.3, -0.25) is 0 Å². The van der Waals surface area contributed by atoms with E-state index in [2.05, 4.69) is 6.92 Å². The van der Waals surface area contributed by atoms with Crippen LogP contribution in [-0.4, -0.2) is 0 Å². The van der Waals surface area contributed by atoms with Crippen molar-refractivity contribution in [3.05, 3.63) is 28.8 Å². The maximum Gasteiger partial charge on any atom is 0.0410 e. The third-order valence-corrected chi connectivity index (χ3v) is 2.80. The third-order valence-electron chi connectivity index (χ3n) is 2.57. The van der Waals surface area contributed by atoms with E-state index in [0.717, 1.165) is 24.1 Å². The Kier molecular flexibility index (Phi) is 4.92. The fourth-order valence-electron chi connectivity index (χ4n) is 1.64. The van der Waals surface area contributed by atoms with Crippen molar-refractivity contribution in [1.82, 2.24) is 0 Å². The number of benzene rings is 1. The molecule has 0 aliphatic rings. The van der Waals surface area contributed by atoms with Crippen molar-refractivity contribution in [3.63, 3.8) is 0 Å². The average Bonchev–Trinajstić information content (AvgIpc) is 2.22. The van der Waals surface area contributed by atoms with Crippen molar-refractivity contribution in [3.8, 4) is 0 Å². The number of anilines is 1. The number of nitrogen functional groups attached to an aromatic ring is 1. The summed E-state index contributed by atoms with van der Waals surface area (Å²) in [7, 11) is 0. The number of unbranched alkanes of at least 4 members (excludes halogenated alkanes) is 2. The van der Waals surface area contributed by atoms with Crippen molar-refractivity contribution in [2.75, 3.05) is 5.73 Å². The maximum atomic E-state index is 6.07. The molecule has 0 heterocycles. The van der Waals surface area contributed by atoms with Gasteiger partial charge in [0.1, 0.15) is 0 Å². The predicted octanol–water partition coefficient (Wildman–Crippen LogP) is 3.50. The van der Waals surface area contributed by atoms with Crippen LogP contribution in [0.5, 0.6) is 0 Å². The molecule has 0 amide bonds. The molecule has 0 spiro atoms. The molecule has 0 aliphatic carbocycles. The molecular weight excluding hydrogens is 208 g/mol. The van der Waals surface area contributed by atoms with Gasteiger partial charge in [-0.2, -0.15) is 0 Å². The molecule has 0 bridgehead atoms. The predicted molar refractivity (Wildman–Crippen MR) is 66.9 cm³/mol. The van der Waals surface area contributed by atoms with Crippen LogP contribution in [-0.2, 0) is 0 Å². The molecule has 4 N–H and O–H groups in total. The number of nitrogens with two attached hydrogens (primary N) is 2. The smallest absolute Gasteiger partial charge is 0.0410 e. The van der Waals surface area contributed by atoms with E-state index in [-0.39, 0.29) is 6.04 Å². The van der Waals surface area contributed by atoms with Gasteiger partial charge >= 0.3 is 0 Å². The average molecular weight is 227 g/mol. The van der Waals surface area contributed by atoms with Gasteiger partial charge in [-0.15, -0.1) is 0 Å². The van der Waals surface area contributed by atoms with Gasteiger partial charge in [0.2, 0.25) is 0 Å². The van der Waals surface area contributed by atoms with Crippen molar-refractivity contribution >= 4 is 17.3 Å². The van der Waals surface area contributed by atoms with Gasteiger partial charge in [0.15, 0.2) is 0 Å². The van der Waals surface area contributed by atoms with E-state index < -0.39 is 0 Å². The monoisotopic (exact) mass is 226 g/mol. The van der Waals surface area contributed by atoms with Crippen molar-refractivity contribution < 1.29 is 0 Å². The molecule has 1 atom stereocenters. The van der Waals surface area contributed by atoms with Crippen LogP contribution in [0.25, 0.3) is 0 Å². The first-order valence-electron chi connectivity index (χ1n) is 5.45. The van der Waals surface area contributed by atoms with Crippen molar-refractivity contribution in [2.24, 2.45) is 5.73 Å². The Morgan fingerprint density at radius 3 is 2.73 bits per heavy atom. The highest BCUT2D eigenvalue weighted by atomic mass is 35.5. The highest BCUT2D eigenvalue weighted by Gasteiger charge is 2.09. The number of hydrogen-bond acceptors (Lipinski definition) is 2. The minimum atomic E-state index is 0.00949. The molecule has 0 aromatic heterocycles. The van der Waals surface area contributed by atoms with E-state index >= 15 is 0 Å². The van der Waals surface area contributed by atoms with Crippen molar-refractivity contribution in [1.29, 1.82) is 0 Å². The lowest BCUT2D eigenvalue weighted by molar-refractivity contribution is 0.582. The Bertz CT molecular complexity index is 312. The summed E-state index contributed by atoms with van der Waals surface area (Å²) in [5.41, 5.74) is 13.6. The molecule has 15 heavy (non-hydrogen) atoms. The van der Waals surface area contributed by atoms with E-state index in [1.807, 2.05) is 12.1 Å². The van der Waals surface area contributed by atoms with Gasteiger partial charge in [-0.1, -0.05) is 37.8 Å². The van der Waals surface area contributed by atoms with Crippen LogP contribution >= 0.6 is 11.6 Å². The highest BCUT2D eigenvalue weighted by molar-refractivity contribution is 6.30. The van der Waals surface area contributed by atoms with Gasteiger partial charge in [-0.05, 0) is 30.2 Å². The van der Waals surface area contributed by atoms with Crippen LogP contribution in [0.15, 0.2) is 18.2 Å². The SMILES string of the molecule is CCCCC[C@H](N)c1cc(Cl)ccc1N. The van der Waals surface area contributed by atoms with E-state index in [0.29, 0.717) is 5.02 Å². The van der Waals surface area contributed by atoms with Crippen LogP contribution < -0.4 is 11.5 Å². The minimum Gasteiger partial charge on any atom is -0.398 e. The minimum absolute atomic E-state index is 0.00949. The van der Waals surface area contributed by atoms with Crippen LogP contribution in [0.2, 0.25) is 5.02 Å². The highest BCUT2D eigenvalue weighted by Crippen LogP contribution is 2.26.